The summed E-state index contributed by atoms with van der Waals surface area (Å²) in [5, 5.41) is 0. The van der Waals surface area contributed by atoms with Gasteiger partial charge in [-0.2, -0.15) is 0 Å². The summed E-state index contributed by atoms with van der Waals surface area (Å²) in [5.74, 6) is -2.09. The first-order valence-corrected chi connectivity index (χ1v) is 3.74. The Morgan fingerprint density at radius 2 is 2.15 bits per heavy atom. The molecule has 0 fully saturated rings. The minimum Gasteiger partial charge on any atom is -0.417 e. The maximum absolute atomic E-state index is 11.0. The van der Waals surface area contributed by atoms with Crippen molar-refractivity contribution in [3.63, 3.8) is 0 Å². The molecule has 0 aliphatic heterocycles. The molecule has 0 atom stereocenters. The van der Waals surface area contributed by atoms with Gasteiger partial charge in [-0.1, -0.05) is 12.2 Å². The van der Waals surface area contributed by atoms with Gasteiger partial charge in [0, 0.05) is 13.3 Å². The predicted molar refractivity (Wildman–Crippen MR) is 43.6 cm³/mol. The van der Waals surface area contributed by atoms with Gasteiger partial charge in [-0.3, -0.25) is 9.59 Å². The minimum atomic E-state index is -1.00. The molecule has 1 aliphatic carbocycles. The fourth-order valence-electron chi connectivity index (χ4n) is 0.787. The number of allylic oxidation sites excluding steroid dienone is 4. The Balaban J connectivity index is 2.68. The molecule has 0 amide bonds. The monoisotopic (exact) mass is 180 g/mol. The van der Waals surface area contributed by atoms with E-state index in [1.807, 2.05) is 0 Å². The third-order valence-electron chi connectivity index (χ3n) is 1.45. The maximum Gasteiger partial charge on any atom is 0.379 e. The van der Waals surface area contributed by atoms with Gasteiger partial charge in [0.15, 0.2) is 5.76 Å². The highest BCUT2D eigenvalue weighted by Crippen LogP contribution is 2.09. The van der Waals surface area contributed by atoms with E-state index in [9.17, 15) is 14.4 Å². The number of ketones is 2. The second kappa shape index (κ2) is 3.80. The third-order valence-corrected chi connectivity index (χ3v) is 1.45. The normalized spacial score (nSPS) is 15.2. The average Bonchev–Trinajstić information content (AvgIpc) is 2.08. The second-order valence-electron chi connectivity index (χ2n) is 2.53. The number of Topliss-reactive ketones (excluding diaryl/α,β-unsaturated/α-hetero) is 2. The average molecular weight is 180 g/mol. The van der Waals surface area contributed by atoms with Gasteiger partial charge < -0.3 is 4.74 Å². The molecule has 0 aromatic carbocycles. The lowest BCUT2D eigenvalue weighted by Gasteiger charge is -2.06. The zero-order chi connectivity index (χ0) is 9.84. The Morgan fingerprint density at radius 3 is 2.69 bits per heavy atom. The van der Waals surface area contributed by atoms with Crippen molar-refractivity contribution in [2.75, 3.05) is 0 Å². The van der Waals surface area contributed by atoms with Crippen LogP contribution in [0.4, 0.5) is 0 Å². The van der Waals surface area contributed by atoms with Crippen LogP contribution in [0.5, 0.6) is 0 Å². The second-order valence-corrected chi connectivity index (χ2v) is 2.53. The zero-order valence-corrected chi connectivity index (χ0v) is 7.07. The predicted octanol–water partition coefficient (Wildman–Crippen LogP) is 0.532. The van der Waals surface area contributed by atoms with Gasteiger partial charge >= 0.3 is 5.97 Å². The standard InChI is InChI=1S/C9H8O4/c1-6(10)9(12)13-8-5-3-2-4-7(8)11/h2-3,5H,4H2,1H3. The van der Waals surface area contributed by atoms with Crippen LogP contribution >= 0.6 is 0 Å². The number of carbonyl (C=O) groups is 3. The summed E-state index contributed by atoms with van der Waals surface area (Å²) in [6.45, 7) is 1.09. The molecule has 0 radical (unpaired) electrons. The van der Waals surface area contributed by atoms with E-state index in [0.29, 0.717) is 0 Å². The molecule has 4 nitrogen and oxygen atoms in total. The van der Waals surface area contributed by atoms with Crippen molar-refractivity contribution in [1.29, 1.82) is 0 Å². The molecule has 0 saturated heterocycles. The van der Waals surface area contributed by atoms with Crippen LogP contribution in [-0.2, 0) is 19.1 Å². The highest BCUT2D eigenvalue weighted by Gasteiger charge is 2.18. The van der Waals surface area contributed by atoms with E-state index in [0.717, 1.165) is 6.92 Å². The van der Waals surface area contributed by atoms with Gasteiger partial charge in [-0.05, 0) is 6.08 Å². The van der Waals surface area contributed by atoms with Crippen LogP contribution < -0.4 is 0 Å². The molecule has 0 N–H and O–H groups in total. The van der Waals surface area contributed by atoms with Crippen LogP contribution in [-0.4, -0.2) is 17.5 Å². The smallest absolute Gasteiger partial charge is 0.379 e. The molecule has 13 heavy (non-hydrogen) atoms. The molecule has 68 valence electrons. The van der Waals surface area contributed by atoms with E-state index < -0.39 is 11.8 Å². The quantitative estimate of drug-likeness (QED) is 0.459. The molecule has 0 spiro atoms. The lowest BCUT2D eigenvalue weighted by Crippen LogP contribution is -2.18. The molecule has 0 bridgehead atoms. The summed E-state index contributed by atoms with van der Waals surface area (Å²) >= 11 is 0. The molecule has 1 aliphatic rings. The number of hydrogen-bond donors (Lipinski definition) is 0. The summed E-state index contributed by atoms with van der Waals surface area (Å²) < 4.78 is 4.54. The fourth-order valence-corrected chi connectivity index (χ4v) is 0.787. The molecule has 0 saturated carbocycles. The van der Waals surface area contributed by atoms with Crippen LogP contribution in [0.15, 0.2) is 24.0 Å². The molecule has 0 unspecified atom stereocenters. The van der Waals surface area contributed by atoms with E-state index in [1.54, 1.807) is 12.2 Å². The summed E-state index contributed by atoms with van der Waals surface area (Å²) in [6.07, 6.45) is 4.82. The van der Waals surface area contributed by atoms with Crippen molar-refractivity contribution >= 4 is 17.5 Å². The van der Waals surface area contributed by atoms with Crippen LogP contribution in [0.1, 0.15) is 13.3 Å². The Morgan fingerprint density at radius 1 is 1.46 bits per heavy atom. The summed E-state index contributed by atoms with van der Waals surface area (Å²) in [6, 6.07) is 0. The fraction of sp³-hybridized carbons (Fsp3) is 0.222. The van der Waals surface area contributed by atoms with Gasteiger partial charge in [0.2, 0.25) is 11.6 Å². The van der Waals surface area contributed by atoms with Crippen LogP contribution in [0.25, 0.3) is 0 Å². The lowest BCUT2D eigenvalue weighted by molar-refractivity contribution is -0.151. The minimum absolute atomic E-state index is 0.0669. The van der Waals surface area contributed by atoms with Crippen molar-refractivity contribution < 1.29 is 19.1 Å². The first kappa shape index (κ1) is 9.38. The van der Waals surface area contributed by atoms with Crippen molar-refractivity contribution in [1.82, 2.24) is 0 Å². The highest BCUT2D eigenvalue weighted by molar-refractivity contribution is 6.33. The Kier molecular flexibility index (Phi) is 2.74. The molecule has 4 heteroatoms. The molecule has 0 aromatic heterocycles. The van der Waals surface area contributed by atoms with E-state index in [-0.39, 0.29) is 18.0 Å². The first-order chi connectivity index (χ1) is 6.11. The van der Waals surface area contributed by atoms with E-state index in [1.165, 1.54) is 6.08 Å². The molecular weight excluding hydrogens is 172 g/mol. The number of hydrogen-bond acceptors (Lipinski definition) is 4. The van der Waals surface area contributed by atoms with Crippen LogP contribution in [0, 0.1) is 0 Å². The first-order valence-electron chi connectivity index (χ1n) is 3.74. The van der Waals surface area contributed by atoms with Crippen molar-refractivity contribution in [2.24, 2.45) is 0 Å². The maximum atomic E-state index is 11.0. The van der Waals surface area contributed by atoms with Crippen molar-refractivity contribution in [3.05, 3.63) is 24.0 Å². The lowest BCUT2D eigenvalue weighted by atomic mass is 10.1. The largest absolute Gasteiger partial charge is 0.417 e. The SMILES string of the molecule is CC(=O)C(=O)OC1=CC=CCC1=O. The van der Waals surface area contributed by atoms with Gasteiger partial charge in [-0.25, -0.2) is 4.79 Å². The summed E-state index contributed by atoms with van der Waals surface area (Å²) in [4.78, 5) is 32.3. The highest BCUT2D eigenvalue weighted by atomic mass is 16.5. The zero-order valence-electron chi connectivity index (χ0n) is 7.07. The number of ether oxygens (including phenoxy) is 1. The Bertz CT molecular complexity index is 323. The van der Waals surface area contributed by atoms with E-state index >= 15 is 0 Å². The summed E-state index contributed by atoms with van der Waals surface area (Å²) in [5.41, 5.74) is 0. The van der Waals surface area contributed by atoms with Gasteiger partial charge in [0.1, 0.15) is 0 Å². The molecule has 0 heterocycles. The Labute approximate surface area is 74.9 Å². The van der Waals surface area contributed by atoms with Crippen LogP contribution in [0.3, 0.4) is 0 Å². The number of rotatable bonds is 2. The van der Waals surface area contributed by atoms with Crippen LogP contribution in [0.2, 0.25) is 0 Å². The van der Waals surface area contributed by atoms with Crippen molar-refractivity contribution in [2.45, 2.75) is 13.3 Å². The third kappa shape index (κ3) is 2.37. The van der Waals surface area contributed by atoms with E-state index in [2.05, 4.69) is 4.74 Å². The number of carbonyl (C=O) groups excluding carboxylic acids is 3. The number of esters is 1. The summed E-state index contributed by atoms with van der Waals surface area (Å²) in [7, 11) is 0. The van der Waals surface area contributed by atoms with Gasteiger partial charge in [-0.15, -0.1) is 0 Å². The van der Waals surface area contributed by atoms with E-state index in [4.69, 9.17) is 0 Å². The molecule has 0 aromatic rings. The van der Waals surface area contributed by atoms with Gasteiger partial charge in [0.25, 0.3) is 0 Å². The molecular formula is C9H8O4. The van der Waals surface area contributed by atoms with Crippen molar-refractivity contribution in [3.8, 4) is 0 Å². The topological polar surface area (TPSA) is 60.4 Å². The molecule has 1 rings (SSSR count). The van der Waals surface area contributed by atoms with Gasteiger partial charge in [0.05, 0.1) is 0 Å². The Hall–Kier alpha value is -1.71.